The van der Waals surface area contributed by atoms with Crippen LogP contribution in [0, 0.1) is 0 Å². The molecule has 1 heterocycles. The molecule has 0 aromatic carbocycles. The third-order valence-corrected chi connectivity index (χ3v) is 1.75. The third kappa shape index (κ3) is 1.56. The summed E-state index contributed by atoms with van der Waals surface area (Å²) in [6.45, 7) is 5.66. The Balaban J connectivity index is 3.29. The molecule has 0 aliphatic heterocycles. The molecule has 0 bridgehead atoms. The number of rotatable bonds is 2. The summed E-state index contributed by atoms with van der Waals surface area (Å²) in [7, 11) is 1.78. The monoisotopic (exact) mass is 183 g/mol. The SMILES string of the molecule is C=C(C)c1c(Cl)ncnc1NC. The van der Waals surface area contributed by atoms with Crippen LogP contribution in [0.25, 0.3) is 5.57 Å². The Bertz CT molecular complexity index is 309. The molecule has 1 N–H and O–H groups in total. The molecule has 3 nitrogen and oxygen atoms in total. The largest absolute Gasteiger partial charge is 0.372 e. The minimum atomic E-state index is 0.432. The summed E-state index contributed by atoms with van der Waals surface area (Å²) in [5.41, 5.74) is 1.63. The first-order chi connectivity index (χ1) is 5.66. The summed E-state index contributed by atoms with van der Waals surface area (Å²) in [6.07, 6.45) is 1.42. The second-order valence-electron chi connectivity index (χ2n) is 2.42. The van der Waals surface area contributed by atoms with Crippen molar-refractivity contribution in [2.45, 2.75) is 6.92 Å². The maximum atomic E-state index is 5.85. The maximum absolute atomic E-state index is 5.85. The van der Waals surface area contributed by atoms with Crippen LogP contribution in [0.1, 0.15) is 12.5 Å². The lowest BCUT2D eigenvalue weighted by Crippen LogP contribution is -1.98. The first-order valence-corrected chi connectivity index (χ1v) is 3.88. The highest BCUT2D eigenvalue weighted by molar-refractivity contribution is 6.31. The molecule has 0 unspecified atom stereocenters. The van der Waals surface area contributed by atoms with E-state index in [1.165, 1.54) is 6.33 Å². The fourth-order valence-electron chi connectivity index (χ4n) is 0.932. The van der Waals surface area contributed by atoms with E-state index in [9.17, 15) is 0 Å². The minimum absolute atomic E-state index is 0.432. The van der Waals surface area contributed by atoms with Gasteiger partial charge in [0.2, 0.25) is 0 Å². The fourth-order valence-corrected chi connectivity index (χ4v) is 1.23. The number of nitrogens with one attached hydrogen (secondary N) is 1. The standard InChI is InChI=1S/C8H10ClN3/c1-5(2)6-7(9)11-4-12-8(6)10-3/h4H,1H2,2-3H3,(H,10,11,12). The molecule has 0 aliphatic carbocycles. The minimum Gasteiger partial charge on any atom is -0.372 e. The van der Waals surface area contributed by atoms with Gasteiger partial charge in [-0.25, -0.2) is 9.97 Å². The van der Waals surface area contributed by atoms with Crippen molar-refractivity contribution in [1.29, 1.82) is 0 Å². The summed E-state index contributed by atoms with van der Waals surface area (Å²) < 4.78 is 0. The van der Waals surface area contributed by atoms with Crippen LogP contribution in [0.2, 0.25) is 5.15 Å². The number of anilines is 1. The van der Waals surface area contributed by atoms with E-state index >= 15 is 0 Å². The van der Waals surface area contributed by atoms with Crippen LogP contribution in [0.4, 0.5) is 5.82 Å². The van der Waals surface area contributed by atoms with E-state index in [0.717, 1.165) is 11.1 Å². The van der Waals surface area contributed by atoms with Crippen molar-refractivity contribution >= 4 is 23.0 Å². The van der Waals surface area contributed by atoms with E-state index < -0.39 is 0 Å². The molecule has 12 heavy (non-hydrogen) atoms. The zero-order valence-electron chi connectivity index (χ0n) is 7.06. The fraction of sp³-hybridized carbons (Fsp3) is 0.250. The average molecular weight is 184 g/mol. The highest BCUT2D eigenvalue weighted by Crippen LogP contribution is 2.25. The molecular weight excluding hydrogens is 174 g/mol. The highest BCUT2D eigenvalue weighted by atomic mass is 35.5. The van der Waals surface area contributed by atoms with Gasteiger partial charge in [-0.15, -0.1) is 0 Å². The second-order valence-corrected chi connectivity index (χ2v) is 2.78. The molecule has 1 aromatic heterocycles. The van der Waals surface area contributed by atoms with Crippen LogP contribution >= 0.6 is 11.6 Å². The van der Waals surface area contributed by atoms with Crippen molar-refractivity contribution in [3.8, 4) is 0 Å². The van der Waals surface area contributed by atoms with Gasteiger partial charge in [0.15, 0.2) is 0 Å². The predicted octanol–water partition coefficient (Wildman–Crippen LogP) is 2.20. The smallest absolute Gasteiger partial charge is 0.142 e. The quantitative estimate of drug-likeness (QED) is 0.715. The lowest BCUT2D eigenvalue weighted by Gasteiger charge is -2.07. The Morgan fingerprint density at radius 3 is 2.67 bits per heavy atom. The summed E-state index contributed by atoms with van der Waals surface area (Å²) in [5, 5.41) is 3.35. The second kappa shape index (κ2) is 3.54. The number of allylic oxidation sites excluding steroid dienone is 1. The van der Waals surface area contributed by atoms with Gasteiger partial charge in [-0.2, -0.15) is 0 Å². The molecular formula is C8H10ClN3. The number of halogens is 1. The molecule has 0 spiro atoms. The van der Waals surface area contributed by atoms with Crippen LogP contribution < -0.4 is 5.32 Å². The van der Waals surface area contributed by atoms with Crippen molar-refractivity contribution in [2.24, 2.45) is 0 Å². The topological polar surface area (TPSA) is 37.8 Å². The molecule has 1 rings (SSSR count). The Labute approximate surface area is 76.5 Å². The number of hydrogen-bond acceptors (Lipinski definition) is 3. The van der Waals surface area contributed by atoms with Crippen LogP contribution in [0.15, 0.2) is 12.9 Å². The van der Waals surface area contributed by atoms with Crippen molar-refractivity contribution in [1.82, 2.24) is 9.97 Å². The summed E-state index contributed by atoms with van der Waals surface area (Å²) >= 11 is 5.85. The van der Waals surface area contributed by atoms with Gasteiger partial charge in [-0.3, -0.25) is 0 Å². The Morgan fingerprint density at radius 2 is 2.25 bits per heavy atom. The first-order valence-electron chi connectivity index (χ1n) is 3.51. The molecule has 0 radical (unpaired) electrons. The number of nitrogens with zero attached hydrogens (tertiary/aromatic N) is 2. The van der Waals surface area contributed by atoms with E-state index in [1.54, 1.807) is 7.05 Å². The molecule has 0 aliphatic rings. The van der Waals surface area contributed by atoms with E-state index in [-0.39, 0.29) is 0 Å². The van der Waals surface area contributed by atoms with Gasteiger partial charge in [-0.1, -0.05) is 18.2 Å². The van der Waals surface area contributed by atoms with Crippen molar-refractivity contribution in [3.05, 3.63) is 23.6 Å². The molecule has 0 amide bonds. The Morgan fingerprint density at radius 1 is 1.58 bits per heavy atom. The normalized spacial score (nSPS) is 9.58. The summed E-state index contributed by atoms with van der Waals surface area (Å²) in [4.78, 5) is 7.87. The molecule has 0 fully saturated rings. The molecule has 0 saturated carbocycles. The molecule has 64 valence electrons. The first kappa shape index (κ1) is 9.00. The van der Waals surface area contributed by atoms with Gasteiger partial charge in [0.05, 0.1) is 5.56 Å². The Kier molecular flexibility index (Phi) is 2.65. The average Bonchev–Trinajstić information content (AvgIpc) is 2.03. The predicted molar refractivity (Wildman–Crippen MR) is 51.3 cm³/mol. The van der Waals surface area contributed by atoms with Crippen LogP contribution in [-0.2, 0) is 0 Å². The van der Waals surface area contributed by atoms with Gasteiger partial charge in [0, 0.05) is 7.05 Å². The molecule has 4 heteroatoms. The summed E-state index contributed by atoms with van der Waals surface area (Å²) in [6, 6.07) is 0. The van der Waals surface area contributed by atoms with Gasteiger partial charge >= 0.3 is 0 Å². The Hall–Kier alpha value is -1.09. The van der Waals surface area contributed by atoms with Crippen LogP contribution in [0.3, 0.4) is 0 Å². The van der Waals surface area contributed by atoms with Gasteiger partial charge < -0.3 is 5.32 Å². The zero-order valence-corrected chi connectivity index (χ0v) is 7.81. The van der Waals surface area contributed by atoms with Crippen molar-refractivity contribution < 1.29 is 0 Å². The van der Waals surface area contributed by atoms with Gasteiger partial charge in [0.25, 0.3) is 0 Å². The molecule has 0 atom stereocenters. The van der Waals surface area contributed by atoms with E-state index in [1.807, 2.05) is 6.92 Å². The van der Waals surface area contributed by atoms with E-state index in [4.69, 9.17) is 11.6 Å². The van der Waals surface area contributed by atoms with Gasteiger partial charge in [0.1, 0.15) is 17.3 Å². The molecule has 1 aromatic rings. The van der Waals surface area contributed by atoms with Crippen molar-refractivity contribution in [3.63, 3.8) is 0 Å². The lowest BCUT2D eigenvalue weighted by molar-refractivity contribution is 1.14. The highest BCUT2D eigenvalue weighted by Gasteiger charge is 2.08. The van der Waals surface area contributed by atoms with E-state index in [0.29, 0.717) is 11.0 Å². The number of hydrogen-bond donors (Lipinski definition) is 1. The maximum Gasteiger partial charge on any atom is 0.142 e. The number of aromatic nitrogens is 2. The third-order valence-electron chi connectivity index (χ3n) is 1.46. The zero-order chi connectivity index (χ0) is 9.14. The van der Waals surface area contributed by atoms with E-state index in [2.05, 4.69) is 21.9 Å². The van der Waals surface area contributed by atoms with Crippen molar-refractivity contribution in [2.75, 3.05) is 12.4 Å². The lowest BCUT2D eigenvalue weighted by atomic mass is 10.2. The molecule has 0 saturated heterocycles. The van der Waals surface area contributed by atoms with Crippen LogP contribution in [-0.4, -0.2) is 17.0 Å². The van der Waals surface area contributed by atoms with Crippen LogP contribution in [0.5, 0.6) is 0 Å². The van der Waals surface area contributed by atoms with Gasteiger partial charge in [-0.05, 0) is 12.5 Å². The summed E-state index contributed by atoms with van der Waals surface area (Å²) in [5.74, 6) is 0.711.